The van der Waals surface area contributed by atoms with Crippen LogP contribution >= 0.6 is 23.4 Å². The number of halogens is 1. The molecule has 6 nitrogen and oxygen atoms in total. The summed E-state index contributed by atoms with van der Waals surface area (Å²) in [6, 6.07) is 7.26. The molecule has 1 amide bonds. The molecule has 0 saturated carbocycles. The van der Waals surface area contributed by atoms with E-state index in [4.69, 9.17) is 17.4 Å². The highest BCUT2D eigenvalue weighted by Gasteiger charge is 2.23. The maximum Gasteiger partial charge on any atom is 0.233 e. The molecule has 0 fully saturated rings. The molecule has 2 rings (SSSR count). The van der Waals surface area contributed by atoms with Crippen LogP contribution in [0, 0.1) is 0 Å². The summed E-state index contributed by atoms with van der Waals surface area (Å²) in [7, 11) is 0. The Kier molecular flexibility index (Phi) is 5.21. The number of nitrogens with one attached hydrogen (secondary N) is 1. The molecule has 0 bridgehead atoms. The number of hydrogen-bond acceptors (Lipinski definition) is 5. The molecule has 124 valence electrons. The first-order chi connectivity index (χ1) is 10.7. The number of thioether (sulfide) groups is 1. The molecule has 0 aliphatic heterocycles. The Morgan fingerprint density at radius 1 is 1.35 bits per heavy atom. The number of nitrogens with zero attached hydrogens (tertiary/aromatic N) is 3. The minimum atomic E-state index is -0.347. The van der Waals surface area contributed by atoms with Crippen LogP contribution in [0.5, 0.6) is 0 Å². The second kappa shape index (κ2) is 6.80. The summed E-state index contributed by atoms with van der Waals surface area (Å²) in [5.41, 5.74) is 0.410. The van der Waals surface area contributed by atoms with E-state index in [1.807, 2.05) is 39.0 Å². The first-order valence-corrected chi connectivity index (χ1v) is 8.39. The van der Waals surface area contributed by atoms with Gasteiger partial charge in [-0.2, -0.15) is 0 Å². The number of nitrogens with two attached hydrogens (primary N) is 1. The van der Waals surface area contributed by atoms with E-state index in [1.54, 1.807) is 13.0 Å². The first kappa shape index (κ1) is 17.6. The molecule has 0 spiro atoms. The zero-order valence-corrected chi connectivity index (χ0v) is 15.1. The van der Waals surface area contributed by atoms with E-state index in [0.29, 0.717) is 21.6 Å². The maximum atomic E-state index is 12.2. The lowest BCUT2D eigenvalue weighted by Gasteiger charge is -2.22. The molecular weight excluding hydrogens is 334 g/mol. The normalized spacial score (nSPS) is 12.9. The van der Waals surface area contributed by atoms with Gasteiger partial charge in [0, 0.05) is 11.1 Å². The van der Waals surface area contributed by atoms with E-state index in [-0.39, 0.29) is 16.7 Å². The molecule has 1 aromatic heterocycles. The van der Waals surface area contributed by atoms with Crippen LogP contribution in [0.2, 0.25) is 5.02 Å². The van der Waals surface area contributed by atoms with Crippen LogP contribution in [0.3, 0.4) is 0 Å². The quantitative estimate of drug-likeness (QED) is 0.652. The summed E-state index contributed by atoms with van der Waals surface area (Å²) >= 11 is 7.41. The summed E-state index contributed by atoms with van der Waals surface area (Å²) in [5.74, 6) is 6.44. The van der Waals surface area contributed by atoms with Gasteiger partial charge in [-0.25, -0.2) is 4.68 Å². The van der Waals surface area contributed by atoms with Gasteiger partial charge in [-0.1, -0.05) is 35.5 Å². The smallest absolute Gasteiger partial charge is 0.233 e. The number of carbonyl (C=O) groups excluding carboxylic acids is 1. The molecule has 1 aromatic carbocycles. The van der Waals surface area contributed by atoms with Crippen LogP contribution in [-0.4, -0.2) is 31.6 Å². The molecule has 0 radical (unpaired) electrons. The van der Waals surface area contributed by atoms with Crippen LogP contribution in [-0.2, 0) is 4.79 Å². The summed E-state index contributed by atoms with van der Waals surface area (Å²) in [6.45, 7) is 7.60. The molecule has 0 aliphatic rings. The van der Waals surface area contributed by atoms with Gasteiger partial charge in [0.25, 0.3) is 0 Å². The summed E-state index contributed by atoms with van der Waals surface area (Å²) in [6.07, 6.45) is 0. The summed E-state index contributed by atoms with van der Waals surface area (Å²) in [4.78, 5) is 12.2. The van der Waals surface area contributed by atoms with Crippen molar-refractivity contribution in [1.29, 1.82) is 0 Å². The van der Waals surface area contributed by atoms with Gasteiger partial charge in [0.2, 0.25) is 11.1 Å². The predicted molar refractivity (Wildman–Crippen MR) is 93.8 cm³/mol. The third-order valence-electron chi connectivity index (χ3n) is 2.93. The van der Waals surface area contributed by atoms with E-state index in [1.165, 1.54) is 16.4 Å². The van der Waals surface area contributed by atoms with Gasteiger partial charge < -0.3 is 11.2 Å². The Hall–Kier alpha value is -1.73. The van der Waals surface area contributed by atoms with Crippen molar-refractivity contribution in [2.75, 3.05) is 5.84 Å². The topological polar surface area (TPSA) is 85.8 Å². The third-order valence-corrected chi connectivity index (χ3v) is 4.32. The van der Waals surface area contributed by atoms with Gasteiger partial charge in [0.1, 0.15) is 0 Å². The van der Waals surface area contributed by atoms with E-state index in [9.17, 15) is 4.79 Å². The van der Waals surface area contributed by atoms with Gasteiger partial charge in [-0.3, -0.25) is 4.79 Å². The maximum absolute atomic E-state index is 12.2. The fraction of sp³-hybridized carbons (Fsp3) is 0.400. The highest BCUT2D eigenvalue weighted by Crippen LogP contribution is 2.29. The number of carbonyl (C=O) groups is 1. The average Bonchev–Trinajstić information content (AvgIpc) is 2.79. The molecule has 0 unspecified atom stereocenters. The van der Waals surface area contributed by atoms with Crippen molar-refractivity contribution in [3.63, 3.8) is 0 Å². The predicted octanol–water partition coefficient (Wildman–Crippen LogP) is 2.71. The molecule has 23 heavy (non-hydrogen) atoms. The van der Waals surface area contributed by atoms with Gasteiger partial charge in [0.05, 0.1) is 10.3 Å². The average molecular weight is 354 g/mol. The van der Waals surface area contributed by atoms with Crippen LogP contribution in [0.25, 0.3) is 11.4 Å². The zero-order valence-electron chi connectivity index (χ0n) is 13.5. The van der Waals surface area contributed by atoms with Crippen molar-refractivity contribution in [1.82, 2.24) is 20.2 Å². The highest BCUT2D eigenvalue weighted by atomic mass is 35.5. The second-order valence-corrected chi connectivity index (χ2v) is 7.87. The number of hydrogen-bond donors (Lipinski definition) is 2. The third kappa shape index (κ3) is 4.39. The van der Waals surface area contributed by atoms with Crippen molar-refractivity contribution in [2.24, 2.45) is 0 Å². The Balaban J connectivity index is 2.17. The van der Waals surface area contributed by atoms with Crippen LogP contribution < -0.4 is 11.2 Å². The molecule has 2 aromatic rings. The number of nitrogen functional groups attached to an aromatic ring is 1. The second-order valence-electron chi connectivity index (χ2n) is 6.16. The van der Waals surface area contributed by atoms with Crippen LogP contribution in [0.15, 0.2) is 29.4 Å². The molecule has 0 aliphatic carbocycles. The lowest BCUT2D eigenvalue weighted by Crippen LogP contribution is -2.44. The lowest BCUT2D eigenvalue weighted by atomic mass is 10.1. The number of benzene rings is 1. The molecule has 1 heterocycles. The lowest BCUT2D eigenvalue weighted by molar-refractivity contribution is -0.121. The monoisotopic (exact) mass is 353 g/mol. The molecule has 3 N–H and O–H groups in total. The molecular formula is C15H20ClN5OS. The van der Waals surface area contributed by atoms with Gasteiger partial charge in [-0.15, -0.1) is 10.2 Å². The molecule has 1 atom stereocenters. The Morgan fingerprint density at radius 2 is 2.00 bits per heavy atom. The van der Waals surface area contributed by atoms with E-state index in [2.05, 4.69) is 15.5 Å². The summed E-state index contributed by atoms with van der Waals surface area (Å²) < 4.78 is 1.35. The Labute approximate surface area is 144 Å². The number of aromatic nitrogens is 3. The Morgan fingerprint density at radius 3 is 2.61 bits per heavy atom. The fourth-order valence-electron chi connectivity index (χ4n) is 1.87. The van der Waals surface area contributed by atoms with Crippen LogP contribution in [0.4, 0.5) is 0 Å². The molecule has 8 heteroatoms. The summed E-state index contributed by atoms with van der Waals surface area (Å²) in [5, 5.41) is 11.7. The standard InChI is InChI=1S/C15H20ClN5OS/c1-9(13(22)18-15(2,3)4)23-14-20-19-12(21(14)17)10-7-5-6-8-11(10)16/h5-9H,17H2,1-4H3,(H,18,22)/t9-/m0/s1. The Bertz CT molecular complexity index is 710. The minimum absolute atomic E-state index is 0.0789. The minimum Gasteiger partial charge on any atom is -0.351 e. The van der Waals surface area contributed by atoms with Crippen LogP contribution in [0.1, 0.15) is 27.7 Å². The van der Waals surface area contributed by atoms with Crippen molar-refractivity contribution in [3.05, 3.63) is 29.3 Å². The van der Waals surface area contributed by atoms with Crippen molar-refractivity contribution < 1.29 is 4.79 Å². The zero-order chi connectivity index (χ0) is 17.2. The van der Waals surface area contributed by atoms with E-state index >= 15 is 0 Å². The van der Waals surface area contributed by atoms with Gasteiger partial charge in [0.15, 0.2) is 5.82 Å². The highest BCUT2D eigenvalue weighted by molar-refractivity contribution is 8.00. The molecule has 0 saturated heterocycles. The SMILES string of the molecule is C[C@H](Sc1nnc(-c2ccccc2Cl)n1N)C(=O)NC(C)(C)C. The number of rotatable bonds is 4. The largest absolute Gasteiger partial charge is 0.351 e. The van der Waals surface area contributed by atoms with Crippen molar-refractivity contribution in [3.8, 4) is 11.4 Å². The van der Waals surface area contributed by atoms with Crippen molar-refractivity contribution in [2.45, 2.75) is 43.6 Å². The fourth-order valence-corrected chi connectivity index (χ4v) is 2.86. The van der Waals surface area contributed by atoms with E-state index in [0.717, 1.165) is 0 Å². The van der Waals surface area contributed by atoms with Gasteiger partial charge >= 0.3 is 0 Å². The number of amides is 1. The van der Waals surface area contributed by atoms with E-state index < -0.39 is 0 Å². The first-order valence-electron chi connectivity index (χ1n) is 7.13. The van der Waals surface area contributed by atoms with Gasteiger partial charge in [-0.05, 0) is 39.8 Å². The van der Waals surface area contributed by atoms with Crippen molar-refractivity contribution >= 4 is 29.3 Å².